The van der Waals surface area contributed by atoms with E-state index in [1.165, 1.54) is 0 Å². The fourth-order valence-corrected chi connectivity index (χ4v) is 2.94. The summed E-state index contributed by atoms with van der Waals surface area (Å²) in [6, 6.07) is 0. The molecule has 1 aliphatic heterocycles. The fourth-order valence-electron chi connectivity index (χ4n) is 2.94. The first-order valence-corrected chi connectivity index (χ1v) is 7.75. The number of carbonyl (C=O) groups is 1. The van der Waals surface area contributed by atoms with Gasteiger partial charge in [-0.25, -0.2) is 0 Å². The van der Waals surface area contributed by atoms with Crippen LogP contribution in [0.5, 0.6) is 0 Å². The summed E-state index contributed by atoms with van der Waals surface area (Å²) in [7, 11) is 0. The molecule has 0 aromatic carbocycles. The topological polar surface area (TPSA) is 78.9 Å². The maximum absolute atomic E-state index is 12.5. The quantitative estimate of drug-likeness (QED) is 0.340. The number of carbonyl (C=O) groups excluding carboxylic acids is 1. The van der Waals surface area contributed by atoms with E-state index < -0.39 is 0 Å². The highest BCUT2D eigenvalue weighted by Gasteiger charge is 2.36. The van der Waals surface area contributed by atoms with Crippen LogP contribution in [0.1, 0.15) is 59.3 Å². The first-order valence-electron chi connectivity index (χ1n) is 7.75. The van der Waals surface area contributed by atoms with Crippen LogP contribution in [0.2, 0.25) is 0 Å². The Balaban J connectivity index is 2.62. The van der Waals surface area contributed by atoms with Crippen LogP contribution in [0.4, 0.5) is 0 Å². The largest absolute Gasteiger partial charge is 0.409 e. The Labute approximate surface area is 122 Å². The Kier molecular flexibility index (Phi) is 6.30. The molecule has 1 amide bonds. The number of amides is 1. The third-order valence-electron chi connectivity index (χ3n) is 4.53. The van der Waals surface area contributed by atoms with E-state index in [9.17, 15) is 4.79 Å². The van der Waals surface area contributed by atoms with Crippen LogP contribution in [0.3, 0.4) is 0 Å². The molecule has 5 heteroatoms. The van der Waals surface area contributed by atoms with Crippen LogP contribution in [0.25, 0.3) is 0 Å². The molecule has 0 aliphatic carbocycles. The van der Waals surface area contributed by atoms with E-state index in [0.717, 1.165) is 38.5 Å². The van der Waals surface area contributed by atoms with Gasteiger partial charge in [-0.15, -0.1) is 0 Å². The second-order valence-electron chi connectivity index (χ2n) is 6.15. The lowest BCUT2D eigenvalue weighted by atomic mass is 9.79. The minimum absolute atomic E-state index is 0.165. The number of rotatable bonds is 6. The summed E-state index contributed by atoms with van der Waals surface area (Å²) < 4.78 is 0. The molecule has 1 heterocycles. The van der Waals surface area contributed by atoms with E-state index in [-0.39, 0.29) is 23.1 Å². The van der Waals surface area contributed by atoms with Gasteiger partial charge in [0.25, 0.3) is 0 Å². The molecule has 0 spiro atoms. The van der Waals surface area contributed by atoms with Crippen LogP contribution in [-0.4, -0.2) is 34.9 Å². The molecule has 0 radical (unpaired) electrons. The predicted octanol–water partition coefficient (Wildman–Crippen LogP) is 2.58. The summed E-state index contributed by atoms with van der Waals surface area (Å²) in [4.78, 5) is 14.5. The van der Waals surface area contributed by atoms with Gasteiger partial charge >= 0.3 is 0 Å². The summed E-state index contributed by atoms with van der Waals surface area (Å²) in [5, 5.41) is 12.0. The molecular weight excluding hydrogens is 254 g/mol. The van der Waals surface area contributed by atoms with Gasteiger partial charge in [-0.1, -0.05) is 38.8 Å². The molecule has 1 aliphatic rings. The summed E-state index contributed by atoms with van der Waals surface area (Å²) in [6.45, 7) is 7.66. The van der Waals surface area contributed by atoms with E-state index in [4.69, 9.17) is 10.9 Å². The molecule has 0 aromatic rings. The van der Waals surface area contributed by atoms with Gasteiger partial charge in [0.2, 0.25) is 5.91 Å². The average molecular weight is 283 g/mol. The lowest BCUT2D eigenvalue weighted by Crippen LogP contribution is -2.48. The van der Waals surface area contributed by atoms with Crippen molar-refractivity contribution < 1.29 is 10.0 Å². The van der Waals surface area contributed by atoms with Crippen molar-refractivity contribution in [2.24, 2.45) is 22.2 Å². The number of amidine groups is 1. The van der Waals surface area contributed by atoms with Crippen molar-refractivity contribution >= 4 is 11.7 Å². The number of hydrogen-bond donors (Lipinski definition) is 2. The standard InChI is InChI=1S/C15H29N3O2/c1-4-6-12(7-5-2)13(19)18-10-8-15(3,9-11-18)14(16)17-20/h12,20H,4-11H2,1-3H3,(H2,16,17). The first kappa shape index (κ1) is 16.8. The van der Waals surface area contributed by atoms with Gasteiger partial charge in [-0.05, 0) is 25.7 Å². The van der Waals surface area contributed by atoms with E-state index in [2.05, 4.69) is 19.0 Å². The van der Waals surface area contributed by atoms with Crippen molar-refractivity contribution in [3.05, 3.63) is 0 Å². The molecular formula is C15H29N3O2. The van der Waals surface area contributed by atoms with E-state index in [1.54, 1.807) is 0 Å². The van der Waals surface area contributed by atoms with Crippen molar-refractivity contribution in [1.82, 2.24) is 4.90 Å². The van der Waals surface area contributed by atoms with Crippen molar-refractivity contribution in [2.45, 2.75) is 59.3 Å². The number of nitrogens with zero attached hydrogens (tertiary/aromatic N) is 2. The average Bonchev–Trinajstić information content (AvgIpc) is 2.46. The Hall–Kier alpha value is -1.26. The molecule has 1 fully saturated rings. The zero-order valence-electron chi connectivity index (χ0n) is 13.1. The molecule has 1 rings (SSSR count). The third-order valence-corrected chi connectivity index (χ3v) is 4.53. The normalized spacial score (nSPS) is 19.4. The van der Waals surface area contributed by atoms with Gasteiger partial charge in [0.05, 0.1) is 0 Å². The van der Waals surface area contributed by atoms with Crippen LogP contribution in [-0.2, 0) is 4.79 Å². The smallest absolute Gasteiger partial charge is 0.225 e. The summed E-state index contributed by atoms with van der Waals surface area (Å²) in [5.41, 5.74) is 5.47. The van der Waals surface area contributed by atoms with Crippen LogP contribution >= 0.6 is 0 Å². The molecule has 116 valence electrons. The Morgan fingerprint density at radius 2 is 1.80 bits per heavy atom. The lowest BCUT2D eigenvalue weighted by Gasteiger charge is -2.39. The summed E-state index contributed by atoms with van der Waals surface area (Å²) in [5.74, 6) is 0.733. The predicted molar refractivity (Wildman–Crippen MR) is 80.6 cm³/mol. The van der Waals surface area contributed by atoms with Gasteiger partial charge < -0.3 is 15.8 Å². The monoisotopic (exact) mass is 283 g/mol. The highest BCUT2D eigenvalue weighted by molar-refractivity contribution is 5.86. The molecule has 0 unspecified atom stereocenters. The molecule has 5 nitrogen and oxygen atoms in total. The number of likely N-dealkylation sites (tertiary alicyclic amines) is 1. The summed E-state index contributed by atoms with van der Waals surface area (Å²) >= 11 is 0. The Bertz CT molecular complexity index is 341. The molecule has 20 heavy (non-hydrogen) atoms. The highest BCUT2D eigenvalue weighted by Crippen LogP contribution is 2.32. The van der Waals surface area contributed by atoms with Crippen LogP contribution < -0.4 is 5.73 Å². The van der Waals surface area contributed by atoms with Gasteiger partial charge in [0.1, 0.15) is 5.84 Å². The number of piperidine rings is 1. The van der Waals surface area contributed by atoms with Crippen molar-refractivity contribution in [2.75, 3.05) is 13.1 Å². The molecule has 0 aromatic heterocycles. The van der Waals surface area contributed by atoms with Gasteiger partial charge in [-0.3, -0.25) is 4.79 Å². The zero-order valence-corrected chi connectivity index (χ0v) is 13.1. The van der Waals surface area contributed by atoms with Gasteiger partial charge in [0, 0.05) is 24.4 Å². The minimum atomic E-state index is -0.281. The number of oxime groups is 1. The van der Waals surface area contributed by atoms with E-state index >= 15 is 0 Å². The number of nitrogens with two attached hydrogens (primary N) is 1. The SMILES string of the molecule is CCCC(CCC)C(=O)N1CCC(C)(C(N)=NO)CC1. The second-order valence-corrected chi connectivity index (χ2v) is 6.15. The van der Waals surface area contributed by atoms with Gasteiger partial charge in [-0.2, -0.15) is 0 Å². The van der Waals surface area contributed by atoms with E-state index in [0.29, 0.717) is 13.1 Å². The second kappa shape index (κ2) is 7.50. The van der Waals surface area contributed by atoms with Crippen molar-refractivity contribution in [3.63, 3.8) is 0 Å². The van der Waals surface area contributed by atoms with Gasteiger partial charge in [0.15, 0.2) is 0 Å². The Morgan fingerprint density at radius 3 is 2.20 bits per heavy atom. The van der Waals surface area contributed by atoms with E-state index in [1.807, 2.05) is 11.8 Å². The first-order chi connectivity index (χ1) is 9.48. The third kappa shape index (κ3) is 3.87. The highest BCUT2D eigenvalue weighted by atomic mass is 16.4. The molecule has 1 saturated heterocycles. The van der Waals surface area contributed by atoms with Crippen molar-refractivity contribution in [3.8, 4) is 0 Å². The Morgan fingerprint density at radius 1 is 1.30 bits per heavy atom. The maximum Gasteiger partial charge on any atom is 0.225 e. The molecule has 3 N–H and O–H groups in total. The fraction of sp³-hybridized carbons (Fsp3) is 0.867. The molecule has 0 saturated carbocycles. The number of hydrogen-bond acceptors (Lipinski definition) is 3. The maximum atomic E-state index is 12.5. The van der Waals surface area contributed by atoms with Crippen molar-refractivity contribution in [1.29, 1.82) is 0 Å². The zero-order chi connectivity index (χ0) is 15.2. The summed E-state index contributed by atoms with van der Waals surface area (Å²) in [6.07, 6.45) is 5.57. The van der Waals surface area contributed by atoms with Crippen LogP contribution in [0.15, 0.2) is 5.16 Å². The minimum Gasteiger partial charge on any atom is -0.409 e. The molecule has 0 atom stereocenters. The lowest BCUT2D eigenvalue weighted by molar-refractivity contribution is -0.137. The molecule has 0 bridgehead atoms. The van der Waals surface area contributed by atoms with Crippen LogP contribution in [0, 0.1) is 11.3 Å².